The third kappa shape index (κ3) is 6.82. The van der Waals surface area contributed by atoms with Gasteiger partial charge in [0.1, 0.15) is 29.7 Å². The third-order valence-corrected chi connectivity index (χ3v) is 6.13. The van der Waals surface area contributed by atoms with E-state index in [-0.39, 0.29) is 12.5 Å². The number of carbonyl (C=O) groups is 1. The number of anilines is 2. The maximum Gasteiger partial charge on any atom is 0.276 e. The summed E-state index contributed by atoms with van der Waals surface area (Å²) in [6.07, 6.45) is 0. The minimum Gasteiger partial charge on any atom is -0.492 e. The molecule has 0 radical (unpaired) electrons. The molecule has 2 aromatic carbocycles. The Morgan fingerprint density at radius 1 is 0.795 bits per heavy atom. The number of carbonyl (C=O) groups excluding carboxylic acids is 1. The van der Waals surface area contributed by atoms with E-state index in [1.807, 2.05) is 76.2 Å². The van der Waals surface area contributed by atoms with Crippen molar-refractivity contribution in [1.29, 1.82) is 0 Å². The van der Waals surface area contributed by atoms with Crippen molar-refractivity contribution in [1.82, 2.24) is 15.4 Å². The van der Waals surface area contributed by atoms with Gasteiger partial charge in [0, 0.05) is 17.7 Å². The average Bonchev–Trinajstić information content (AvgIpc) is 2.89. The van der Waals surface area contributed by atoms with Crippen LogP contribution in [-0.4, -0.2) is 35.6 Å². The first-order chi connectivity index (χ1) is 18.7. The normalized spacial score (nSPS) is 10.7. The molecule has 9 nitrogen and oxygen atoms in total. The number of nitrogens with one attached hydrogen (secondary N) is 2. The lowest BCUT2D eigenvalue weighted by molar-refractivity contribution is -0.122. The molecule has 202 valence electrons. The molecule has 0 aliphatic rings. The lowest BCUT2D eigenvalue weighted by Crippen LogP contribution is -2.34. The molecule has 1 amide bonds. The van der Waals surface area contributed by atoms with Gasteiger partial charge in [-0.05, 0) is 98.5 Å². The molecule has 2 aromatic heterocycles. The summed E-state index contributed by atoms with van der Waals surface area (Å²) in [5.74, 6) is 2.01. The average molecular weight is 527 g/mol. The summed E-state index contributed by atoms with van der Waals surface area (Å²) in [7, 11) is 0. The van der Waals surface area contributed by atoms with E-state index in [1.165, 1.54) is 0 Å². The maximum atomic E-state index is 12.5. The van der Waals surface area contributed by atoms with Crippen LogP contribution in [0.5, 0.6) is 11.5 Å². The maximum absolute atomic E-state index is 12.5. The Morgan fingerprint density at radius 3 is 1.90 bits per heavy atom. The second-order valence-electron chi connectivity index (χ2n) is 9.32. The first-order valence-electron chi connectivity index (χ1n) is 12.7. The van der Waals surface area contributed by atoms with Crippen molar-refractivity contribution >= 4 is 17.5 Å². The highest BCUT2D eigenvalue weighted by Crippen LogP contribution is 2.31. The van der Waals surface area contributed by atoms with E-state index in [0.29, 0.717) is 30.5 Å². The molecule has 0 bridgehead atoms. The van der Waals surface area contributed by atoms with Crippen LogP contribution in [0.3, 0.4) is 0 Å². The molecule has 0 aliphatic heterocycles. The first-order valence-corrected chi connectivity index (χ1v) is 12.7. The van der Waals surface area contributed by atoms with Crippen LogP contribution in [0.4, 0.5) is 11.6 Å². The number of rotatable bonds is 10. The summed E-state index contributed by atoms with van der Waals surface area (Å²) in [4.78, 5) is 21.6. The number of amides is 1. The minimum atomic E-state index is -0.340. The van der Waals surface area contributed by atoms with E-state index in [0.717, 1.165) is 50.5 Å². The van der Waals surface area contributed by atoms with Crippen molar-refractivity contribution in [2.75, 3.05) is 30.9 Å². The van der Waals surface area contributed by atoms with Crippen molar-refractivity contribution < 1.29 is 14.3 Å². The van der Waals surface area contributed by atoms with E-state index in [1.54, 1.807) is 12.1 Å². The monoisotopic (exact) mass is 526 g/mol. The zero-order valence-corrected chi connectivity index (χ0v) is 22.7. The number of benzene rings is 2. The predicted octanol–water partition coefficient (Wildman–Crippen LogP) is 4.49. The van der Waals surface area contributed by atoms with Crippen LogP contribution in [0, 0.1) is 27.7 Å². The quantitative estimate of drug-likeness (QED) is 0.222. The Balaban J connectivity index is 1.37. The summed E-state index contributed by atoms with van der Waals surface area (Å²) >= 11 is 0. The fourth-order valence-corrected chi connectivity index (χ4v) is 4.55. The Hall–Kier alpha value is -4.63. The number of nitrogens with two attached hydrogens (primary N) is 2. The van der Waals surface area contributed by atoms with Crippen molar-refractivity contribution in [3.63, 3.8) is 0 Å². The van der Waals surface area contributed by atoms with Gasteiger partial charge in [-0.3, -0.25) is 15.6 Å². The molecule has 6 N–H and O–H groups in total. The van der Waals surface area contributed by atoms with Crippen LogP contribution >= 0.6 is 0 Å². The summed E-state index contributed by atoms with van der Waals surface area (Å²) < 4.78 is 11.4. The molecular weight excluding hydrogens is 492 g/mol. The number of aryl methyl sites for hydroxylation is 4. The van der Waals surface area contributed by atoms with Gasteiger partial charge in [-0.1, -0.05) is 12.1 Å². The summed E-state index contributed by atoms with van der Waals surface area (Å²) in [6, 6.07) is 18.9. The van der Waals surface area contributed by atoms with E-state index in [4.69, 9.17) is 20.9 Å². The van der Waals surface area contributed by atoms with Gasteiger partial charge < -0.3 is 20.9 Å². The van der Waals surface area contributed by atoms with Crippen LogP contribution in [0.25, 0.3) is 22.5 Å². The Morgan fingerprint density at radius 2 is 1.33 bits per heavy atom. The molecule has 0 unspecified atom stereocenters. The van der Waals surface area contributed by atoms with E-state index in [2.05, 4.69) is 20.8 Å². The van der Waals surface area contributed by atoms with Gasteiger partial charge in [-0.2, -0.15) is 0 Å². The number of hydrogen-bond donors (Lipinski definition) is 4. The lowest BCUT2D eigenvalue weighted by Gasteiger charge is -2.15. The molecule has 0 spiro atoms. The largest absolute Gasteiger partial charge is 0.492 e. The molecule has 0 aliphatic carbocycles. The second kappa shape index (κ2) is 12.3. The molecule has 4 rings (SSSR count). The third-order valence-electron chi connectivity index (χ3n) is 6.13. The van der Waals surface area contributed by atoms with Gasteiger partial charge >= 0.3 is 0 Å². The van der Waals surface area contributed by atoms with Crippen molar-refractivity contribution in [3.8, 4) is 34.0 Å². The first kappa shape index (κ1) is 27.4. The van der Waals surface area contributed by atoms with Crippen LogP contribution < -0.4 is 31.8 Å². The molecule has 39 heavy (non-hydrogen) atoms. The SMILES string of the molecule is Cc1cc(OCC(=O)NNc2cccc(-c3c(C)cc(OCCN)cc3C)n2)cc(C)c1-c1cccc(N)n1. The molecular formula is C30H34N6O3. The van der Waals surface area contributed by atoms with Crippen molar-refractivity contribution in [2.45, 2.75) is 27.7 Å². The van der Waals surface area contributed by atoms with Crippen molar-refractivity contribution in [3.05, 3.63) is 82.9 Å². The van der Waals surface area contributed by atoms with E-state index >= 15 is 0 Å². The lowest BCUT2D eigenvalue weighted by atomic mass is 9.99. The van der Waals surface area contributed by atoms with E-state index < -0.39 is 0 Å². The molecule has 0 saturated heterocycles. The number of hydrogen-bond acceptors (Lipinski definition) is 8. The zero-order chi connectivity index (χ0) is 27.9. The summed E-state index contributed by atoms with van der Waals surface area (Å²) in [5, 5.41) is 0. The van der Waals surface area contributed by atoms with Gasteiger partial charge in [-0.25, -0.2) is 9.97 Å². The number of aromatic nitrogens is 2. The van der Waals surface area contributed by atoms with Crippen molar-refractivity contribution in [2.24, 2.45) is 5.73 Å². The van der Waals surface area contributed by atoms with Crippen LogP contribution in [0.1, 0.15) is 22.3 Å². The summed E-state index contributed by atoms with van der Waals surface area (Å²) in [5.41, 5.74) is 24.5. The fraction of sp³-hybridized carbons (Fsp3) is 0.233. The number of nitrogen functional groups attached to an aromatic ring is 1. The molecule has 2 heterocycles. The Labute approximate surface area is 228 Å². The topological polar surface area (TPSA) is 137 Å². The number of pyridine rings is 2. The van der Waals surface area contributed by atoms with E-state index in [9.17, 15) is 4.79 Å². The molecule has 9 heteroatoms. The fourth-order valence-electron chi connectivity index (χ4n) is 4.55. The summed E-state index contributed by atoms with van der Waals surface area (Å²) in [6.45, 7) is 8.74. The highest BCUT2D eigenvalue weighted by atomic mass is 16.5. The molecule has 0 atom stereocenters. The van der Waals surface area contributed by atoms with Gasteiger partial charge in [-0.15, -0.1) is 0 Å². The molecule has 4 aromatic rings. The minimum absolute atomic E-state index is 0.163. The van der Waals surface area contributed by atoms with Crippen LogP contribution in [0.15, 0.2) is 60.7 Å². The number of hydrazine groups is 1. The highest BCUT2D eigenvalue weighted by Gasteiger charge is 2.13. The molecule has 0 saturated carbocycles. The Bertz CT molecular complexity index is 1440. The zero-order valence-electron chi connectivity index (χ0n) is 22.7. The van der Waals surface area contributed by atoms with Crippen LogP contribution in [0.2, 0.25) is 0 Å². The molecule has 0 fully saturated rings. The van der Waals surface area contributed by atoms with Gasteiger partial charge in [0.15, 0.2) is 6.61 Å². The number of ether oxygens (including phenoxy) is 2. The van der Waals surface area contributed by atoms with Gasteiger partial charge in [0.05, 0.1) is 11.4 Å². The smallest absolute Gasteiger partial charge is 0.276 e. The second-order valence-corrected chi connectivity index (χ2v) is 9.32. The highest BCUT2D eigenvalue weighted by molar-refractivity contribution is 5.79. The number of nitrogens with zero attached hydrogens (tertiary/aromatic N) is 2. The standard InChI is InChI=1S/C30H34N6O3/c1-18-13-22(38-12-11-31)14-19(2)30(18)25-8-6-10-27(34-25)35-36-28(37)17-39-23-15-20(3)29(21(4)16-23)24-7-5-9-26(32)33-24/h5-10,13-16H,11-12,17,31H2,1-4H3,(H2,32,33)(H,34,35)(H,36,37). The predicted molar refractivity (Wildman–Crippen MR) is 155 cm³/mol. The van der Waals surface area contributed by atoms with Gasteiger partial charge in [0.25, 0.3) is 5.91 Å². The van der Waals surface area contributed by atoms with Gasteiger partial charge in [0.2, 0.25) is 0 Å². The Kier molecular flexibility index (Phi) is 8.63. The van der Waals surface area contributed by atoms with Crippen LogP contribution in [-0.2, 0) is 4.79 Å².